The number of H-pyrrole nitrogens is 1. The second kappa shape index (κ2) is 4.66. The summed E-state index contributed by atoms with van der Waals surface area (Å²) in [6, 6.07) is 10.1. The van der Waals surface area contributed by atoms with Gasteiger partial charge in [0.05, 0.1) is 5.52 Å². The van der Waals surface area contributed by atoms with E-state index in [2.05, 4.69) is 33.7 Å². The minimum Gasteiger partial charge on any atom is -0.344 e. The van der Waals surface area contributed by atoms with Gasteiger partial charge in [0.2, 0.25) is 0 Å². The molecular formula is C14H11N3S. The number of aromatic nitrogens is 3. The van der Waals surface area contributed by atoms with E-state index < -0.39 is 0 Å². The lowest BCUT2D eigenvalue weighted by Crippen LogP contribution is -1.84. The van der Waals surface area contributed by atoms with Crippen LogP contribution < -0.4 is 0 Å². The molecule has 4 heteroatoms. The third-order valence-electron chi connectivity index (χ3n) is 2.60. The van der Waals surface area contributed by atoms with Gasteiger partial charge in [-0.2, -0.15) is 0 Å². The molecule has 1 N–H and O–H groups in total. The number of fused-ring (bicyclic) bond motifs is 1. The zero-order chi connectivity index (χ0) is 12.4. The van der Waals surface area contributed by atoms with E-state index in [0.717, 1.165) is 26.5 Å². The molecule has 2 heterocycles. The molecule has 3 nitrogen and oxygen atoms in total. The molecule has 0 radical (unpaired) electrons. The summed E-state index contributed by atoms with van der Waals surface area (Å²) in [7, 11) is 0. The lowest BCUT2D eigenvalue weighted by Gasteiger charge is -2.06. The fourth-order valence-electron chi connectivity index (χ4n) is 1.76. The number of hydrogen-bond donors (Lipinski definition) is 1. The van der Waals surface area contributed by atoms with E-state index in [1.54, 1.807) is 30.4 Å². The Kier molecular flexibility index (Phi) is 2.86. The lowest BCUT2D eigenvalue weighted by atomic mass is 10.2. The Labute approximate surface area is 109 Å². The minimum atomic E-state index is 0.806. The number of nitrogens with one attached hydrogen (secondary N) is 1. The SMILES string of the molecule is C=C(Sc1cccc2ncccc12)c1ncc[nH]1. The average Bonchev–Trinajstić information content (AvgIpc) is 2.93. The van der Waals surface area contributed by atoms with Gasteiger partial charge in [0.25, 0.3) is 0 Å². The van der Waals surface area contributed by atoms with Crippen molar-refractivity contribution in [1.29, 1.82) is 0 Å². The molecule has 0 aliphatic heterocycles. The molecule has 0 amide bonds. The number of pyridine rings is 1. The highest BCUT2D eigenvalue weighted by Gasteiger charge is 2.07. The van der Waals surface area contributed by atoms with Crippen molar-refractivity contribution < 1.29 is 0 Å². The van der Waals surface area contributed by atoms with Crippen LogP contribution in [0.25, 0.3) is 15.8 Å². The van der Waals surface area contributed by atoms with Gasteiger partial charge in [0.15, 0.2) is 0 Å². The van der Waals surface area contributed by atoms with Gasteiger partial charge in [0, 0.05) is 33.8 Å². The molecular weight excluding hydrogens is 242 g/mol. The molecule has 0 saturated heterocycles. The molecule has 18 heavy (non-hydrogen) atoms. The zero-order valence-corrected chi connectivity index (χ0v) is 10.4. The number of rotatable bonds is 3. The maximum atomic E-state index is 4.35. The highest BCUT2D eigenvalue weighted by atomic mass is 32.2. The highest BCUT2D eigenvalue weighted by molar-refractivity contribution is 8.08. The van der Waals surface area contributed by atoms with Crippen LogP contribution in [0, 0.1) is 0 Å². The lowest BCUT2D eigenvalue weighted by molar-refractivity contribution is 1.26. The van der Waals surface area contributed by atoms with E-state index in [1.807, 2.05) is 18.2 Å². The van der Waals surface area contributed by atoms with Crippen LogP contribution in [0.15, 0.2) is 60.4 Å². The predicted molar refractivity (Wildman–Crippen MR) is 75.2 cm³/mol. The van der Waals surface area contributed by atoms with Crippen LogP contribution in [-0.4, -0.2) is 15.0 Å². The monoisotopic (exact) mass is 253 g/mol. The number of thioether (sulfide) groups is 1. The van der Waals surface area contributed by atoms with Crippen molar-refractivity contribution in [3.8, 4) is 0 Å². The maximum Gasteiger partial charge on any atom is 0.143 e. The van der Waals surface area contributed by atoms with Crippen molar-refractivity contribution in [2.75, 3.05) is 0 Å². The Morgan fingerprint density at radius 2 is 2.06 bits per heavy atom. The van der Waals surface area contributed by atoms with E-state index in [9.17, 15) is 0 Å². The van der Waals surface area contributed by atoms with E-state index in [-0.39, 0.29) is 0 Å². The van der Waals surface area contributed by atoms with Crippen molar-refractivity contribution in [2.24, 2.45) is 0 Å². The Morgan fingerprint density at radius 1 is 1.11 bits per heavy atom. The summed E-state index contributed by atoms with van der Waals surface area (Å²) in [6.45, 7) is 4.05. The molecule has 2 aromatic heterocycles. The van der Waals surface area contributed by atoms with Crippen LogP contribution >= 0.6 is 11.8 Å². The number of imidazole rings is 1. The smallest absolute Gasteiger partial charge is 0.143 e. The van der Waals surface area contributed by atoms with Crippen LogP contribution in [0.5, 0.6) is 0 Å². The first-order chi connectivity index (χ1) is 8.84. The summed E-state index contributed by atoms with van der Waals surface area (Å²) in [5, 5.41) is 1.14. The fourth-order valence-corrected chi connectivity index (χ4v) is 2.67. The molecule has 1 aromatic carbocycles. The van der Waals surface area contributed by atoms with Crippen molar-refractivity contribution in [3.05, 3.63) is 61.3 Å². The molecule has 0 bridgehead atoms. The maximum absolute atomic E-state index is 4.35. The Bertz CT molecular complexity index is 684. The highest BCUT2D eigenvalue weighted by Crippen LogP contribution is 2.35. The summed E-state index contributed by atoms with van der Waals surface area (Å²) in [6.07, 6.45) is 5.33. The van der Waals surface area contributed by atoms with Crippen LogP contribution in [0.3, 0.4) is 0 Å². The van der Waals surface area contributed by atoms with E-state index in [4.69, 9.17) is 0 Å². The largest absolute Gasteiger partial charge is 0.344 e. The van der Waals surface area contributed by atoms with Crippen LogP contribution in [0.2, 0.25) is 0 Å². The molecule has 0 aliphatic carbocycles. The minimum absolute atomic E-state index is 0.806. The number of nitrogens with zero attached hydrogens (tertiary/aromatic N) is 2. The first-order valence-corrected chi connectivity index (χ1v) is 6.36. The van der Waals surface area contributed by atoms with Crippen LogP contribution in [0.1, 0.15) is 5.82 Å². The molecule has 88 valence electrons. The number of aromatic amines is 1. The summed E-state index contributed by atoms with van der Waals surface area (Å²) < 4.78 is 0. The van der Waals surface area contributed by atoms with E-state index in [1.165, 1.54) is 0 Å². The second-order valence-corrected chi connectivity index (χ2v) is 4.93. The zero-order valence-electron chi connectivity index (χ0n) is 9.63. The van der Waals surface area contributed by atoms with Gasteiger partial charge in [-0.15, -0.1) is 0 Å². The van der Waals surface area contributed by atoms with Crippen LogP contribution in [-0.2, 0) is 0 Å². The molecule has 0 saturated carbocycles. The third-order valence-corrected chi connectivity index (χ3v) is 3.62. The summed E-state index contributed by atoms with van der Waals surface area (Å²) in [5.74, 6) is 0.806. The fraction of sp³-hybridized carbons (Fsp3) is 0. The summed E-state index contributed by atoms with van der Waals surface area (Å²) in [4.78, 5) is 13.6. The normalized spacial score (nSPS) is 10.7. The van der Waals surface area contributed by atoms with Gasteiger partial charge >= 0.3 is 0 Å². The van der Waals surface area contributed by atoms with Gasteiger partial charge in [-0.1, -0.05) is 30.5 Å². The van der Waals surface area contributed by atoms with Gasteiger partial charge < -0.3 is 4.98 Å². The van der Waals surface area contributed by atoms with Crippen LogP contribution in [0.4, 0.5) is 0 Å². The average molecular weight is 253 g/mol. The van der Waals surface area contributed by atoms with Crippen molar-refractivity contribution in [2.45, 2.75) is 4.90 Å². The molecule has 0 unspecified atom stereocenters. The number of benzene rings is 1. The Balaban J connectivity index is 1.98. The van der Waals surface area contributed by atoms with E-state index >= 15 is 0 Å². The first kappa shape index (κ1) is 11.0. The van der Waals surface area contributed by atoms with Crippen molar-refractivity contribution >= 4 is 27.6 Å². The van der Waals surface area contributed by atoms with Gasteiger partial charge in [0.1, 0.15) is 5.82 Å². The molecule has 0 fully saturated rings. The number of hydrogen-bond acceptors (Lipinski definition) is 3. The van der Waals surface area contributed by atoms with Crippen molar-refractivity contribution in [1.82, 2.24) is 15.0 Å². The van der Waals surface area contributed by atoms with Gasteiger partial charge in [-0.05, 0) is 18.2 Å². The first-order valence-electron chi connectivity index (χ1n) is 5.55. The van der Waals surface area contributed by atoms with E-state index in [0.29, 0.717) is 0 Å². The quantitative estimate of drug-likeness (QED) is 0.723. The molecule has 0 atom stereocenters. The Morgan fingerprint density at radius 3 is 2.89 bits per heavy atom. The molecule has 3 rings (SSSR count). The van der Waals surface area contributed by atoms with Gasteiger partial charge in [-0.3, -0.25) is 4.98 Å². The van der Waals surface area contributed by atoms with Crippen molar-refractivity contribution in [3.63, 3.8) is 0 Å². The summed E-state index contributed by atoms with van der Waals surface area (Å²) >= 11 is 1.60. The molecule has 3 aromatic rings. The van der Waals surface area contributed by atoms with Gasteiger partial charge in [-0.25, -0.2) is 4.98 Å². The predicted octanol–water partition coefficient (Wildman–Crippen LogP) is 3.72. The third kappa shape index (κ3) is 2.02. The summed E-state index contributed by atoms with van der Waals surface area (Å²) in [5.41, 5.74) is 0.995. The molecule has 0 spiro atoms. The molecule has 0 aliphatic rings. The second-order valence-electron chi connectivity index (χ2n) is 3.79. The Hall–Kier alpha value is -2.07. The standard InChI is InChI=1S/C14H11N3S/c1-10(14-16-8-9-17-14)18-13-6-2-5-12-11(13)4-3-7-15-12/h2-9H,1H2,(H,16,17). The topological polar surface area (TPSA) is 41.6 Å².